The van der Waals surface area contributed by atoms with Crippen molar-refractivity contribution >= 4 is 5.91 Å². The van der Waals surface area contributed by atoms with Gasteiger partial charge < -0.3 is 10.2 Å². The quantitative estimate of drug-likeness (QED) is 0.824. The van der Waals surface area contributed by atoms with Gasteiger partial charge in [-0.15, -0.1) is 0 Å². The standard InChI is InChI=1S/C15H27N3O/c1-2-7-17-8-10-18(11-9-17)14(19)13-12-15(13)3-5-16-6-4-15/h13,16H,2-12H2,1H3. The Morgan fingerprint density at radius 3 is 2.53 bits per heavy atom. The van der Waals surface area contributed by atoms with Crippen LogP contribution in [0.4, 0.5) is 0 Å². The highest BCUT2D eigenvalue weighted by molar-refractivity contribution is 5.82. The Morgan fingerprint density at radius 1 is 1.21 bits per heavy atom. The number of rotatable bonds is 3. The summed E-state index contributed by atoms with van der Waals surface area (Å²) in [5, 5.41) is 3.41. The summed E-state index contributed by atoms with van der Waals surface area (Å²) in [6, 6.07) is 0. The first-order valence-electron chi connectivity index (χ1n) is 7.97. The molecule has 4 heteroatoms. The number of carbonyl (C=O) groups excluding carboxylic acids is 1. The number of nitrogens with one attached hydrogen (secondary N) is 1. The summed E-state index contributed by atoms with van der Waals surface area (Å²) >= 11 is 0. The molecule has 0 aromatic carbocycles. The van der Waals surface area contributed by atoms with E-state index in [0.717, 1.165) is 45.7 Å². The molecule has 2 saturated heterocycles. The molecular weight excluding hydrogens is 238 g/mol. The molecule has 3 fully saturated rings. The lowest BCUT2D eigenvalue weighted by molar-refractivity contribution is -0.135. The molecule has 108 valence electrons. The zero-order chi connectivity index (χ0) is 13.3. The van der Waals surface area contributed by atoms with Crippen LogP contribution in [0.1, 0.15) is 32.6 Å². The number of amides is 1. The van der Waals surface area contributed by atoms with Crippen molar-refractivity contribution in [1.29, 1.82) is 0 Å². The van der Waals surface area contributed by atoms with Crippen LogP contribution in [0.2, 0.25) is 0 Å². The van der Waals surface area contributed by atoms with Crippen molar-refractivity contribution in [3.05, 3.63) is 0 Å². The predicted octanol–water partition coefficient (Wildman–Crippen LogP) is 0.930. The second kappa shape index (κ2) is 5.41. The SMILES string of the molecule is CCCN1CCN(C(=O)C2CC23CCNCC3)CC1. The zero-order valence-corrected chi connectivity index (χ0v) is 12.2. The molecule has 2 heterocycles. The maximum atomic E-state index is 12.6. The van der Waals surface area contributed by atoms with E-state index in [-0.39, 0.29) is 0 Å². The first kappa shape index (κ1) is 13.4. The van der Waals surface area contributed by atoms with Crippen molar-refractivity contribution < 1.29 is 4.79 Å². The molecule has 3 rings (SSSR count). The predicted molar refractivity (Wildman–Crippen MR) is 76.0 cm³/mol. The lowest BCUT2D eigenvalue weighted by Gasteiger charge is -2.35. The Bertz CT molecular complexity index is 330. The molecule has 1 aliphatic carbocycles. The highest BCUT2D eigenvalue weighted by Gasteiger charge is 2.58. The van der Waals surface area contributed by atoms with Gasteiger partial charge in [-0.3, -0.25) is 9.69 Å². The second-order valence-electron chi connectivity index (χ2n) is 6.54. The van der Waals surface area contributed by atoms with Crippen molar-refractivity contribution in [2.24, 2.45) is 11.3 Å². The minimum atomic E-state index is 0.354. The zero-order valence-electron chi connectivity index (χ0n) is 12.2. The smallest absolute Gasteiger partial charge is 0.226 e. The van der Waals surface area contributed by atoms with Crippen LogP contribution in [0.15, 0.2) is 0 Å². The second-order valence-corrected chi connectivity index (χ2v) is 6.54. The van der Waals surface area contributed by atoms with Crippen LogP contribution in [0.3, 0.4) is 0 Å². The highest BCUT2D eigenvalue weighted by Crippen LogP contribution is 2.59. The van der Waals surface area contributed by atoms with E-state index >= 15 is 0 Å². The third-order valence-corrected chi connectivity index (χ3v) is 5.31. The number of nitrogens with zero attached hydrogens (tertiary/aromatic N) is 2. The molecule has 0 radical (unpaired) electrons. The summed E-state index contributed by atoms with van der Waals surface area (Å²) in [5.41, 5.74) is 0.392. The van der Waals surface area contributed by atoms with Gasteiger partial charge in [0.1, 0.15) is 0 Å². The van der Waals surface area contributed by atoms with Gasteiger partial charge in [0.05, 0.1) is 0 Å². The van der Waals surface area contributed by atoms with Crippen LogP contribution in [-0.2, 0) is 4.79 Å². The van der Waals surface area contributed by atoms with Crippen molar-refractivity contribution in [2.45, 2.75) is 32.6 Å². The first-order valence-corrected chi connectivity index (χ1v) is 7.97. The first-order chi connectivity index (χ1) is 9.25. The van der Waals surface area contributed by atoms with Crippen LogP contribution in [0.25, 0.3) is 0 Å². The van der Waals surface area contributed by atoms with Gasteiger partial charge in [0, 0.05) is 32.1 Å². The number of carbonyl (C=O) groups is 1. The number of hydrogen-bond donors (Lipinski definition) is 1. The molecule has 0 aromatic rings. The molecule has 3 aliphatic rings. The van der Waals surface area contributed by atoms with E-state index in [0.29, 0.717) is 17.2 Å². The molecule has 1 amide bonds. The van der Waals surface area contributed by atoms with Gasteiger partial charge in [0.2, 0.25) is 5.91 Å². The normalized spacial score (nSPS) is 30.6. The van der Waals surface area contributed by atoms with Crippen molar-refractivity contribution in [3.8, 4) is 0 Å². The molecule has 1 atom stereocenters. The van der Waals surface area contributed by atoms with Gasteiger partial charge >= 0.3 is 0 Å². The van der Waals surface area contributed by atoms with Gasteiger partial charge in [0.25, 0.3) is 0 Å². The van der Waals surface area contributed by atoms with Crippen molar-refractivity contribution in [1.82, 2.24) is 15.1 Å². The Morgan fingerprint density at radius 2 is 1.89 bits per heavy atom. The van der Waals surface area contributed by atoms with Crippen LogP contribution < -0.4 is 5.32 Å². The van der Waals surface area contributed by atoms with Gasteiger partial charge in [-0.1, -0.05) is 6.92 Å². The fourth-order valence-electron chi connectivity index (χ4n) is 3.90. The van der Waals surface area contributed by atoms with Gasteiger partial charge in [-0.05, 0) is 50.7 Å². The Hall–Kier alpha value is -0.610. The molecular formula is C15H27N3O. The van der Waals surface area contributed by atoms with Crippen molar-refractivity contribution in [3.63, 3.8) is 0 Å². The largest absolute Gasteiger partial charge is 0.340 e. The van der Waals surface area contributed by atoms with E-state index in [9.17, 15) is 4.79 Å². The topological polar surface area (TPSA) is 35.6 Å². The fraction of sp³-hybridized carbons (Fsp3) is 0.933. The third kappa shape index (κ3) is 2.65. The molecule has 19 heavy (non-hydrogen) atoms. The molecule has 1 spiro atoms. The summed E-state index contributed by atoms with van der Waals surface area (Å²) < 4.78 is 0. The molecule has 0 bridgehead atoms. The van der Waals surface area contributed by atoms with Crippen LogP contribution in [-0.4, -0.2) is 61.5 Å². The Kier molecular flexibility index (Phi) is 3.81. The Labute approximate surface area is 116 Å². The maximum absolute atomic E-state index is 12.6. The summed E-state index contributed by atoms with van der Waals surface area (Å²) in [6.07, 6.45) is 4.79. The number of hydrogen-bond acceptors (Lipinski definition) is 3. The number of piperazine rings is 1. The van der Waals surface area contributed by atoms with Crippen LogP contribution in [0, 0.1) is 11.3 Å². The molecule has 4 nitrogen and oxygen atoms in total. The minimum Gasteiger partial charge on any atom is -0.340 e. The summed E-state index contributed by atoms with van der Waals surface area (Å²) in [4.78, 5) is 17.2. The molecule has 0 aromatic heterocycles. The lowest BCUT2D eigenvalue weighted by Crippen LogP contribution is -2.49. The summed E-state index contributed by atoms with van der Waals surface area (Å²) in [5.74, 6) is 0.811. The van der Waals surface area contributed by atoms with Gasteiger partial charge in [-0.25, -0.2) is 0 Å². The number of piperidine rings is 1. The highest BCUT2D eigenvalue weighted by atomic mass is 16.2. The van der Waals surface area contributed by atoms with E-state index in [1.165, 1.54) is 25.8 Å². The fourth-order valence-corrected chi connectivity index (χ4v) is 3.90. The van der Waals surface area contributed by atoms with E-state index in [1.807, 2.05) is 0 Å². The van der Waals surface area contributed by atoms with Gasteiger partial charge in [0.15, 0.2) is 0 Å². The van der Waals surface area contributed by atoms with Crippen molar-refractivity contribution in [2.75, 3.05) is 45.8 Å². The average molecular weight is 265 g/mol. The Balaban J connectivity index is 1.50. The lowest BCUT2D eigenvalue weighted by atomic mass is 9.91. The average Bonchev–Trinajstić information content (AvgIpc) is 3.13. The molecule has 2 aliphatic heterocycles. The van der Waals surface area contributed by atoms with E-state index in [4.69, 9.17) is 0 Å². The summed E-state index contributed by atoms with van der Waals surface area (Å²) in [7, 11) is 0. The third-order valence-electron chi connectivity index (χ3n) is 5.31. The van der Waals surface area contributed by atoms with E-state index in [1.54, 1.807) is 0 Å². The van der Waals surface area contributed by atoms with E-state index in [2.05, 4.69) is 22.0 Å². The molecule has 1 saturated carbocycles. The summed E-state index contributed by atoms with van der Waals surface area (Å²) in [6.45, 7) is 9.65. The minimum absolute atomic E-state index is 0.354. The van der Waals surface area contributed by atoms with Crippen LogP contribution >= 0.6 is 0 Å². The van der Waals surface area contributed by atoms with Crippen LogP contribution in [0.5, 0.6) is 0 Å². The monoisotopic (exact) mass is 265 g/mol. The maximum Gasteiger partial charge on any atom is 0.226 e. The molecule has 1 N–H and O–H groups in total. The molecule has 1 unspecified atom stereocenters. The van der Waals surface area contributed by atoms with E-state index < -0.39 is 0 Å². The van der Waals surface area contributed by atoms with Gasteiger partial charge in [-0.2, -0.15) is 0 Å².